The van der Waals surface area contributed by atoms with E-state index in [0.717, 1.165) is 21.4 Å². The zero-order chi connectivity index (χ0) is 18.1. The largest absolute Gasteiger partial charge is 0.422 e. The molecule has 0 saturated heterocycles. The van der Waals surface area contributed by atoms with Crippen LogP contribution in [0.15, 0.2) is 91.8 Å². The van der Waals surface area contributed by atoms with Crippen molar-refractivity contribution in [3.05, 3.63) is 93.8 Å². The van der Waals surface area contributed by atoms with Crippen LogP contribution in [-0.2, 0) is 0 Å². The molecule has 1 aromatic heterocycles. The first kappa shape index (κ1) is 17.0. The number of aryl methyl sites for hydroxylation is 1. The first-order valence-electron chi connectivity index (χ1n) is 8.18. The summed E-state index contributed by atoms with van der Waals surface area (Å²) in [4.78, 5) is 14.3. The Bertz CT molecular complexity index is 1130. The Morgan fingerprint density at radius 1 is 0.923 bits per heavy atom. The van der Waals surface area contributed by atoms with Crippen LogP contribution >= 0.6 is 23.4 Å². The number of hydrogen-bond acceptors (Lipinski definition) is 3. The van der Waals surface area contributed by atoms with Crippen LogP contribution < -0.4 is 5.63 Å². The van der Waals surface area contributed by atoms with Gasteiger partial charge in [0.15, 0.2) is 0 Å². The van der Waals surface area contributed by atoms with Gasteiger partial charge in [-0.25, -0.2) is 4.79 Å². The summed E-state index contributed by atoms with van der Waals surface area (Å²) in [6.45, 7) is 2.04. The summed E-state index contributed by atoms with van der Waals surface area (Å²) in [5.41, 5.74) is 3.18. The van der Waals surface area contributed by atoms with E-state index in [1.165, 1.54) is 17.3 Å². The monoisotopic (exact) mass is 378 g/mol. The third kappa shape index (κ3) is 3.28. The fourth-order valence-corrected chi connectivity index (χ4v) is 4.00. The third-order valence-electron chi connectivity index (χ3n) is 4.13. The number of fused-ring (bicyclic) bond motifs is 1. The van der Waals surface area contributed by atoms with Crippen LogP contribution in [0.1, 0.15) is 5.56 Å². The highest BCUT2D eigenvalue weighted by Gasteiger charge is 2.18. The molecule has 0 radical (unpaired) electrons. The van der Waals surface area contributed by atoms with E-state index in [2.05, 4.69) is 0 Å². The minimum atomic E-state index is -0.343. The molecule has 0 N–H and O–H groups in total. The molecule has 0 aliphatic heterocycles. The van der Waals surface area contributed by atoms with Crippen molar-refractivity contribution in [3.8, 4) is 11.1 Å². The molecule has 0 bridgehead atoms. The molecular formula is C22H15ClO2S. The number of rotatable bonds is 3. The lowest BCUT2D eigenvalue weighted by Crippen LogP contribution is -2.05. The van der Waals surface area contributed by atoms with Crippen molar-refractivity contribution < 1.29 is 4.42 Å². The zero-order valence-corrected chi connectivity index (χ0v) is 15.6. The van der Waals surface area contributed by atoms with Crippen LogP contribution in [-0.4, -0.2) is 0 Å². The quantitative estimate of drug-likeness (QED) is 0.377. The molecule has 4 aromatic rings. The van der Waals surface area contributed by atoms with E-state index in [0.29, 0.717) is 15.5 Å². The van der Waals surface area contributed by atoms with Gasteiger partial charge in [0.2, 0.25) is 0 Å². The minimum absolute atomic E-state index is 0.343. The van der Waals surface area contributed by atoms with Crippen molar-refractivity contribution in [2.45, 2.75) is 16.7 Å². The summed E-state index contributed by atoms with van der Waals surface area (Å²) in [6.07, 6.45) is 0. The van der Waals surface area contributed by atoms with Crippen molar-refractivity contribution in [2.75, 3.05) is 0 Å². The van der Waals surface area contributed by atoms with Crippen molar-refractivity contribution in [3.63, 3.8) is 0 Å². The molecule has 0 aliphatic carbocycles. The number of hydrogen-bond donors (Lipinski definition) is 0. The highest BCUT2D eigenvalue weighted by molar-refractivity contribution is 7.99. The lowest BCUT2D eigenvalue weighted by molar-refractivity contribution is 0.545. The first-order valence-corrected chi connectivity index (χ1v) is 9.37. The maximum atomic E-state index is 12.8. The van der Waals surface area contributed by atoms with Crippen molar-refractivity contribution >= 4 is 34.3 Å². The van der Waals surface area contributed by atoms with Crippen LogP contribution in [0.3, 0.4) is 0 Å². The third-order valence-corrected chi connectivity index (χ3v) is 5.45. The molecule has 0 aliphatic rings. The summed E-state index contributed by atoms with van der Waals surface area (Å²) < 4.78 is 5.57. The molecule has 128 valence electrons. The van der Waals surface area contributed by atoms with E-state index in [4.69, 9.17) is 16.0 Å². The average molecular weight is 379 g/mol. The predicted octanol–water partition coefficient (Wildman–Crippen LogP) is 6.57. The predicted molar refractivity (Wildman–Crippen MR) is 108 cm³/mol. The molecule has 26 heavy (non-hydrogen) atoms. The second kappa shape index (κ2) is 7.02. The van der Waals surface area contributed by atoms with E-state index in [9.17, 15) is 4.79 Å². The molecule has 4 heteroatoms. The SMILES string of the molecule is Cc1ccc(Sc2c(-c3ccccc3)c3cc(Cl)ccc3oc2=O)cc1. The zero-order valence-electron chi connectivity index (χ0n) is 14.0. The Morgan fingerprint density at radius 2 is 1.65 bits per heavy atom. The van der Waals surface area contributed by atoms with Gasteiger partial charge < -0.3 is 4.42 Å². The molecule has 0 unspecified atom stereocenters. The summed E-state index contributed by atoms with van der Waals surface area (Å²) in [6, 6.07) is 23.3. The topological polar surface area (TPSA) is 30.2 Å². The summed E-state index contributed by atoms with van der Waals surface area (Å²) >= 11 is 7.64. The van der Waals surface area contributed by atoms with E-state index in [1.54, 1.807) is 12.1 Å². The van der Waals surface area contributed by atoms with Crippen LogP contribution in [0.4, 0.5) is 0 Å². The van der Waals surface area contributed by atoms with E-state index in [1.807, 2.05) is 67.6 Å². The Kier molecular flexibility index (Phi) is 4.58. The van der Waals surface area contributed by atoms with Gasteiger partial charge in [-0.2, -0.15) is 0 Å². The molecule has 4 rings (SSSR count). The van der Waals surface area contributed by atoms with Crippen LogP contribution in [0, 0.1) is 6.92 Å². The molecular weight excluding hydrogens is 364 g/mol. The smallest absolute Gasteiger partial charge is 0.351 e. The van der Waals surface area contributed by atoms with Gasteiger partial charge in [0, 0.05) is 20.9 Å². The van der Waals surface area contributed by atoms with E-state index < -0.39 is 0 Å². The Labute approximate surface area is 160 Å². The van der Waals surface area contributed by atoms with Crippen molar-refractivity contribution in [1.82, 2.24) is 0 Å². The summed E-state index contributed by atoms with van der Waals surface area (Å²) in [5.74, 6) is 0. The van der Waals surface area contributed by atoms with Crippen LogP contribution in [0.5, 0.6) is 0 Å². The van der Waals surface area contributed by atoms with Gasteiger partial charge in [0.05, 0.1) is 0 Å². The van der Waals surface area contributed by atoms with Crippen LogP contribution in [0.2, 0.25) is 5.02 Å². The Hall–Kier alpha value is -2.49. The average Bonchev–Trinajstić information content (AvgIpc) is 2.65. The molecule has 0 atom stereocenters. The lowest BCUT2D eigenvalue weighted by Gasteiger charge is -2.12. The molecule has 0 amide bonds. The molecule has 1 heterocycles. The van der Waals surface area contributed by atoms with Gasteiger partial charge >= 0.3 is 5.63 Å². The minimum Gasteiger partial charge on any atom is -0.422 e. The van der Waals surface area contributed by atoms with E-state index >= 15 is 0 Å². The molecule has 0 fully saturated rings. The summed E-state index contributed by atoms with van der Waals surface area (Å²) in [7, 11) is 0. The number of halogens is 1. The number of benzene rings is 3. The normalized spacial score (nSPS) is 11.0. The standard InChI is InChI=1S/C22H15ClO2S/c1-14-7-10-17(11-8-14)26-21-20(15-5-3-2-4-6-15)18-13-16(23)9-12-19(18)25-22(21)24/h2-13H,1H3. The fraction of sp³-hybridized carbons (Fsp3) is 0.0455. The van der Waals surface area contributed by atoms with Crippen molar-refractivity contribution in [1.29, 1.82) is 0 Å². The van der Waals surface area contributed by atoms with Gasteiger partial charge in [0.1, 0.15) is 10.5 Å². The van der Waals surface area contributed by atoms with E-state index in [-0.39, 0.29) is 5.63 Å². The highest BCUT2D eigenvalue weighted by atomic mass is 35.5. The van der Waals surface area contributed by atoms with Gasteiger partial charge in [-0.15, -0.1) is 0 Å². The molecule has 0 saturated carbocycles. The Morgan fingerprint density at radius 3 is 2.38 bits per heavy atom. The van der Waals surface area contributed by atoms with Crippen molar-refractivity contribution in [2.24, 2.45) is 0 Å². The van der Waals surface area contributed by atoms with Gasteiger partial charge in [-0.05, 0) is 42.8 Å². The Balaban J connectivity index is 2.00. The molecule has 3 aromatic carbocycles. The second-order valence-corrected chi connectivity index (χ2v) is 7.54. The lowest BCUT2D eigenvalue weighted by atomic mass is 10.0. The maximum absolute atomic E-state index is 12.8. The molecule has 0 spiro atoms. The van der Waals surface area contributed by atoms with Gasteiger partial charge in [-0.3, -0.25) is 0 Å². The van der Waals surface area contributed by atoms with Gasteiger partial charge in [-0.1, -0.05) is 71.4 Å². The first-order chi connectivity index (χ1) is 12.6. The highest BCUT2D eigenvalue weighted by Crippen LogP contribution is 2.39. The molecule has 2 nitrogen and oxygen atoms in total. The fourth-order valence-electron chi connectivity index (χ4n) is 2.87. The van der Waals surface area contributed by atoms with Gasteiger partial charge in [0.25, 0.3) is 0 Å². The van der Waals surface area contributed by atoms with Crippen LogP contribution in [0.25, 0.3) is 22.1 Å². The second-order valence-electron chi connectivity index (χ2n) is 6.02. The summed E-state index contributed by atoms with van der Waals surface area (Å²) in [5, 5.41) is 1.44. The maximum Gasteiger partial charge on any atom is 0.351 e.